The fourth-order valence-corrected chi connectivity index (χ4v) is 3.04. The summed E-state index contributed by atoms with van der Waals surface area (Å²) in [4.78, 5) is 30.0. The van der Waals surface area contributed by atoms with Crippen LogP contribution in [0.4, 0.5) is 10.5 Å². The Morgan fingerprint density at radius 1 is 1.17 bits per heavy atom. The maximum absolute atomic E-state index is 12.9. The number of ether oxygens (including phenoxy) is 2. The number of urea groups is 1. The Kier molecular flexibility index (Phi) is 6.46. The van der Waals surface area contributed by atoms with Crippen molar-refractivity contribution in [2.24, 2.45) is 0 Å². The summed E-state index contributed by atoms with van der Waals surface area (Å²) in [5.41, 5.74) is 1.02. The summed E-state index contributed by atoms with van der Waals surface area (Å²) in [6.07, 6.45) is 0. The molecule has 29 heavy (non-hydrogen) atoms. The van der Waals surface area contributed by atoms with E-state index >= 15 is 0 Å². The van der Waals surface area contributed by atoms with Crippen molar-refractivity contribution in [3.63, 3.8) is 0 Å². The number of amides is 2. The number of anilines is 1. The third-order valence-corrected chi connectivity index (χ3v) is 4.47. The molecule has 0 spiro atoms. The third kappa shape index (κ3) is 4.72. The van der Waals surface area contributed by atoms with E-state index < -0.39 is 12.1 Å². The molecule has 0 aliphatic heterocycles. The summed E-state index contributed by atoms with van der Waals surface area (Å²) in [6.45, 7) is 2.48. The van der Waals surface area contributed by atoms with Crippen LogP contribution in [0, 0.1) is 0 Å². The van der Waals surface area contributed by atoms with Gasteiger partial charge in [-0.1, -0.05) is 18.2 Å². The Labute approximate surface area is 168 Å². The number of para-hydroxylation sites is 1. The lowest BCUT2D eigenvalue weighted by molar-refractivity contribution is 0.184. The van der Waals surface area contributed by atoms with Gasteiger partial charge in [0.15, 0.2) is 0 Å². The molecule has 0 fully saturated rings. The molecule has 2 N–H and O–H groups in total. The number of fused-ring (bicyclic) bond motifs is 1. The van der Waals surface area contributed by atoms with Crippen LogP contribution in [-0.4, -0.2) is 36.4 Å². The molecule has 0 aliphatic rings. The zero-order chi connectivity index (χ0) is 20.8. The lowest BCUT2D eigenvalue weighted by atomic mass is 10.2. The fourth-order valence-electron chi connectivity index (χ4n) is 3.04. The molecule has 8 nitrogen and oxygen atoms in total. The third-order valence-electron chi connectivity index (χ3n) is 4.47. The Morgan fingerprint density at radius 2 is 1.97 bits per heavy atom. The number of benzene rings is 2. The molecule has 0 bridgehead atoms. The number of aromatic nitrogens is 2. The molecule has 0 aliphatic carbocycles. The summed E-state index contributed by atoms with van der Waals surface area (Å²) in [6, 6.07) is 13.3. The summed E-state index contributed by atoms with van der Waals surface area (Å²) >= 11 is 0. The molecule has 3 aromatic rings. The van der Waals surface area contributed by atoms with Crippen LogP contribution in [0.2, 0.25) is 0 Å². The average molecular weight is 396 g/mol. The van der Waals surface area contributed by atoms with Gasteiger partial charge in [0.05, 0.1) is 37.2 Å². The number of hydrogen-bond donors (Lipinski definition) is 2. The van der Waals surface area contributed by atoms with Gasteiger partial charge in [0, 0.05) is 18.9 Å². The predicted molar refractivity (Wildman–Crippen MR) is 111 cm³/mol. The maximum Gasteiger partial charge on any atom is 0.319 e. The molecule has 152 valence electrons. The van der Waals surface area contributed by atoms with Gasteiger partial charge < -0.3 is 20.1 Å². The van der Waals surface area contributed by atoms with Crippen LogP contribution in [0.3, 0.4) is 0 Å². The van der Waals surface area contributed by atoms with Crippen LogP contribution >= 0.6 is 0 Å². The number of hydrogen-bond acceptors (Lipinski definition) is 5. The summed E-state index contributed by atoms with van der Waals surface area (Å²) < 4.78 is 11.8. The molecule has 2 aromatic carbocycles. The van der Waals surface area contributed by atoms with Crippen molar-refractivity contribution in [1.29, 1.82) is 0 Å². The lowest BCUT2D eigenvalue weighted by Gasteiger charge is -2.19. The SMILES string of the molecule is COCCn1c(C(C)NC(=O)Nc2cccc(OC)c2)nc2ccccc2c1=O. The van der Waals surface area contributed by atoms with Crippen LogP contribution in [-0.2, 0) is 11.3 Å². The fraction of sp³-hybridized carbons (Fsp3) is 0.286. The van der Waals surface area contributed by atoms with Gasteiger partial charge in [0.1, 0.15) is 11.6 Å². The van der Waals surface area contributed by atoms with Crippen LogP contribution in [0.5, 0.6) is 5.75 Å². The topological polar surface area (TPSA) is 94.5 Å². The van der Waals surface area contributed by atoms with E-state index in [0.717, 1.165) is 0 Å². The van der Waals surface area contributed by atoms with Crippen molar-refractivity contribution < 1.29 is 14.3 Å². The first-order valence-corrected chi connectivity index (χ1v) is 9.23. The number of nitrogens with zero attached hydrogens (tertiary/aromatic N) is 2. The highest BCUT2D eigenvalue weighted by Gasteiger charge is 2.18. The molecule has 8 heteroatoms. The van der Waals surface area contributed by atoms with E-state index in [1.54, 1.807) is 68.2 Å². The number of methoxy groups -OCH3 is 2. The predicted octanol–water partition coefficient (Wildman–Crippen LogP) is 2.93. The molecule has 1 unspecified atom stereocenters. The van der Waals surface area contributed by atoms with E-state index in [4.69, 9.17) is 9.47 Å². The van der Waals surface area contributed by atoms with Gasteiger partial charge in [-0.15, -0.1) is 0 Å². The number of carbonyl (C=O) groups is 1. The van der Waals surface area contributed by atoms with E-state index in [1.807, 2.05) is 6.07 Å². The standard InChI is InChI=1S/C21H24N4O4/c1-14(22-21(27)23-15-7-6-8-16(13-15)29-3)19-24-18-10-5-4-9-17(18)20(26)25(19)11-12-28-2/h4-10,13-14H,11-12H2,1-3H3,(H2,22,23,27). The van der Waals surface area contributed by atoms with Crippen LogP contribution in [0.25, 0.3) is 10.9 Å². The molecule has 0 saturated heterocycles. The molecular formula is C21H24N4O4. The molecule has 2 amide bonds. The lowest BCUT2D eigenvalue weighted by Crippen LogP contribution is -2.36. The molecular weight excluding hydrogens is 372 g/mol. The van der Waals surface area contributed by atoms with Crippen molar-refractivity contribution in [1.82, 2.24) is 14.9 Å². The Balaban J connectivity index is 1.86. The van der Waals surface area contributed by atoms with E-state index in [-0.39, 0.29) is 5.56 Å². The number of nitrogens with one attached hydrogen (secondary N) is 2. The van der Waals surface area contributed by atoms with Crippen LogP contribution in [0.15, 0.2) is 53.3 Å². The largest absolute Gasteiger partial charge is 0.497 e. The second-order valence-electron chi connectivity index (χ2n) is 6.49. The van der Waals surface area contributed by atoms with E-state index in [9.17, 15) is 9.59 Å². The van der Waals surface area contributed by atoms with Crippen molar-refractivity contribution >= 4 is 22.6 Å². The zero-order valence-electron chi connectivity index (χ0n) is 16.6. The first kappa shape index (κ1) is 20.3. The molecule has 3 rings (SSSR count). The zero-order valence-corrected chi connectivity index (χ0v) is 16.6. The highest BCUT2D eigenvalue weighted by atomic mass is 16.5. The number of rotatable bonds is 7. The quantitative estimate of drug-likeness (QED) is 0.640. The van der Waals surface area contributed by atoms with Gasteiger partial charge in [-0.25, -0.2) is 9.78 Å². The van der Waals surface area contributed by atoms with Crippen molar-refractivity contribution in [3.05, 3.63) is 64.7 Å². The highest BCUT2D eigenvalue weighted by Crippen LogP contribution is 2.18. The van der Waals surface area contributed by atoms with Crippen LogP contribution < -0.4 is 20.9 Å². The van der Waals surface area contributed by atoms with Crippen LogP contribution in [0.1, 0.15) is 18.8 Å². The molecule has 0 saturated carbocycles. The molecule has 1 aromatic heterocycles. The second kappa shape index (κ2) is 9.20. The minimum atomic E-state index is -0.505. The summed E-state index contributed by atoms with van der Waals surface area (Å²) in [5, 5.41) is 6.13. The Bertz CT molecular complexity index is 1060. The van der Waals surface area contributed by atoms with Crippen molar-refractivity contribution in [2.45, 2.75) is 19.5 Å². The van der Waals surface area contributed by atoms with Gasteiger partial charge in [0.25, 0.3) is 5.56 Å². The Hall–Kier alpha value is -3.39. The maximum atomic E-state index is 12.9. The van der Waals surface area contributed by atoms with Gasteiger partial charge >= 0.3 is 6.03 Å². The normalized spacial score (nSPS) is 11.8. The van der Waals surface area contributed by atoms with Crippen molar-refractivity contribution in [3.8, 4) is 5.75 Å². The monoisotopic (exact) mass is 396 g/mol. The first-order valence-electron chi connectivity index (χ1n) is 9.23. The summed E-state index contributed by atoms with van der Waals surface area (Å²) in [5.74, 6) is 1.10. The summed E-state index contributed by atoms with van der Waals surface area (Å²) in [7, 11) is 3.13. The van der Waals surface area contributed by atoms with Gasteiger partial charge in [0.2, 0.25) is 0 Å². The van der Waals surface area contributed by atoms with Gasteiger partial charge in [-0.2, -0.15) is 0 Å². The van der Waals surface area contributed by atoms with E-state index in [0.29, 0.717) is 41.3 Å². The van der Waals surface area contributed by atoms with Gasteiger partial charge in [-0.05, 0) is 31.2 Å². The molecule has 1 heterocycles. The second-order valence-corrected chi connectivity index (χ2v) is 6.49. The average Bonchev–Trinajstić information content (AvgIpc) is 2.73. The van der Waals surface area contributed by atoms with E-state index in [1.165, 1.54) is 0 Å². The molecule has 1 atom stereocenters. The van der Waals surface area contributed by atoms with E-state index in [2.05, 4.69) is 15.6 Å². The smallest absolute Gasteiger partial charge is 0.319 e. The highest BCUT2D eigenvalue weighted by molar-refractivity contribution is 5.89. The minimum Gasteiger partial charge on any atom is -0.497 e. The van der Waals surface area contributed by atoms with Gasteiger partial charge in [-0.3, -0.25) is 9.36 Å². The van der Waals surface area contributed by atoms with Crippen molar-refractivity contribution in [2.75, 3.05) is 26.1 Å². The minimum absolute atomic E-state index is 0.162. The number of carbonyl (C=O) groups excluding carboxylic acids is 1. The molecule has 0 radical (unpaired) electrons. The first-order chi connectivity index (χ1) is 14.0. The Morgan fingerprint density at radius 3 is 2.72 bits per heavy atom.